The fourth-order valence-corrected chi connectivity index (χ4v) is 3.20. The molecule has 4 aromatic heterocycles. The molecule has 0 bridgehead atoms. The first-order chi connectivity index (χ1) is 10.8. The zero-order chi connectivity index (χ0) is 14.7. The van der Waals surface area contributed by atoms with Gasteiger partial charge in [-0.15, -0.1) is 0 Å². The molecule has 0 radical (unpaired) electrons. The SMILES string of the molecule is O=c1c2ccncc2cc2c3[nH]c4ccccc4c3ccn12. The summed E-state index contributed by atoms with van der Waals surface area (Å²) in [5, 5.41) is 3.83. The first-order valence-electron chi connectivity index (χ1n) is 7.11. The number of H-pyrrole nitrogens is 1. The molecule has 0 unspecified atom stereocenters. The monoisotopic (exact) mass is 285 g/mol. The third-order valence-corrected chi connectivity index (χ3v) is 4.25. The van der Waals surface area contributed by atoms with Crippen LogP contribution < -0.4 is 5.56 Å². The summed E-state index contributed by atoms with van der Waals surface area (Å²) in [6.07, 6.45) is 5.23. The number of benzene rings is 1. The second-order valence-electron chi connectivity index (χ2n) is 5.44. The van der Waals surface area contributed by atoms with Crippen molar-refractivity contribution in [3.8, 4) is 0 Å². The average Bonchev–Trinajstić information content (AvgIpc) is 2.94. The highest BCUT2D eigenvalue weighted by atomic mass is 16.1. The van der Waals surface area contributed by atoms with Crippen LogP contribution in [-0.4, -0.2) is 14.4 Å². The van der Waals surface area contributed by atoms with Crippen molar-refractivity contribution in [1.82, 2.24) is 14.4 Å². The standard InChI is InChI=1S/C18H11N3O/c22-18-12-5-7-19-10-11(12)9-16-17-14(6-8-21(16)18)13-3-1-2-4-15(13)20-17/h1-10,20H. The highest BCUT2D eigenvalue weighted by molar-refractivity contribution is 6.12. The van der Waals surface area contributed by atoms with Gasteiger partial charge in [0.15, 0.2) is 0 Å². The number of para-hydroxylation sites is 1. The number of pyridine rings is 3. The Morgan fingerprint density at radius 3 is 2.86 bits per heavy atom. The van der Waals surface area contributed by atoms with E-state index < -0.39 is 0 Å². The minimum Gasteiger partial charge on any atom is -0.353 e. The summed E-state index contributed by atoms with van der Waals surface area (Å²) < 4.78 is 1.69. The molecule has 0 aliphatic heterocycles. The molecule has 22 heavy (non-hydrogen) atoms. The van der Waals surface area contributed by atoms with Crippen LogP contribution in [0.3, 0.4) is 0 Å². The number of aromatic amines is 1. The fourth-order valence-electron chi connectivity index (χ4n) is 3.20. The van der Waals surface area contributed by atoms with Crippen molar-refractivity contribution in [1.29, 1.82) is 0 Å². The summed E-state index contributed by atoms with van der Waals surface area (Å²) in [4.78, 5) is 20.2. The second kappa shape index (κ2) is 3.95. The van der Waals surface area contributed by atoms with E-state index in [-0.39, 0.29) is 5.56 Å². The van der Waals surface area contributed by atoms with E-state index in [1.165, 1.54) is 5.39 Å². The van der Waals surface area contributed by atoms with Crippen molar-refractivity contribution in [2.75, 3.05) is 0 Å². The van der Waals surface area contributed by atoms with Gasteiger partial charge in [0, 0.05) is 40.3 Å². The van der Waals surface area contributed by atoms with E-state index in [4.69, 9.17) is 0 Å². The third-order valence-electron chi connectivity index (χ3n) is 4.25. The van der Waals surface area contributed by atoms with Gasteiger partial charge >= 0.3 is 0 Å². The molecule has 1 aromatic carbocycles. The molecule has 4 heterocycles. The number of hydrogen-bond acceptors (Lipinski definition) is 2. The summed E-state index contributed by atoms with van der Waals surface area (Å²) in [6.45, 7) is 0. The van der Waals surface area contributed by atoms with Crippen molar-refractivity contribution in [2.45, 2.75) is 0 Å². The number of nitrogens with zero attached hydrogens (tertiary/aromatic N) is 2. The molecule has 0 aliphatic rings. The van der Waals surface area contributed by atoms with Gasteiger partial charge in [-0.05, 0) is 24.3 Å². The Balaban J connectivity index is 2.10. The number of nitrogens with one attached hydrogen (secondary N) is 1. The molecule has 4 heteroatoms. The predicted octanol–water partition coefficient (Wildman–Crippen LogP) is 3.48. The van der Waals surface area contributed by atoms with Crippen LogP contribution in [0.4, 0.5) is 0 Å². The van der Waals surface area contributed by atoms with Crippen molar-refractivity contribution in [2.24, 2.45) is 0 Å². The van der Waals surface area contributed by atoms with Gasteiger partial charge in [-0.3, -0.25) is 14.2 Å². The summed E-state index contributed by atoms with van der Waals surface area (Å²) >= 11 is 0. The zero-order valence-corrected chi connectivity index (χ0v) is 11.6. The van der Waals surface area contributed by atoms with E-state index in [1.54, 1.807) is 22.9 Å². The van der Waals surface area contributed by atoms with Crippen molar-refractivity contribution in [3.05, 3.63) is 71.4 Å². The summed E-state index contributed by atoms with van der Waals surface area (Å²) in [5.41, 5.74) is 2.91. The molecule has 5 rings (SSSR count). The molecule has 0 saturated carbocycles. The van der Waals surface area contributed by atoms with Gasteiger partial charge in [0.2, 0.25) is 0 Å². The molecular weight excluding hydrogens is 274 g/mol. The quantitative estimate of drug-likeness (QED) is 0.443. The van der Waals surface area contributed by atoms with Gasteiger partial charge in [0.05, 0.1) is 16.4 Å². The van der Waals surface area contributed by atoms with Crippen LogP contribution in [0, 0.1) is 0 Å². The van der Waals surface area contributed by atoms with Gasteiger partial charge in [0.1, 0.15) is 0 Å². The highest BCUT2D eigenvalue weighted by Gasteiger charge is 2.10. The zero-order valence-electron chi connectivity index (χ0n) is 11.6. The maximum Gasteiger partial charge on any atom is 0.263 e. The van der Waals surface area contributed by atoms with E-state index in [0.29, 0.717) is 5.39 Å². The maximum absolute atomic E-state index is 12.7. The van der Waals surface area contributed by atoms with E-state index >= 15 is 0 Å². The first-order valence-corrected chi connectivity index (χ1v) is 7.11. The molecule has 1 N–H and O–H groups in total. The third kappa shape index (κ3) is 1.36. The molecular formula is C18H11N3O. The van der Waals surface area contributed by atoms with E-state index in [1.807, 2.05) is 36.5 Å². The van der Waals surface area contributed by atoms with E-state index in [2.05, 4.69) is 16.0 Å². The van der Waals surface area contributed by atoms with Crippen molar-refractivity contribution in [3.63, 3.8) is 0 Å². The van der Waals surface area contributed by atoms with Crippen LogP contribution in [-0.2, 0) is 0 Å². The van der Waals surface area contributed by atoms with Gasteiger partial charge in [-0.25, -0.2) is 0 Å². The molecule has 104 valence electrons. The topological polar surface area (TPSA) is 50.2 Å². The smallest absolute Gasteiger partial charge is 0.263 e. The Bertz CT molecular complexity index is 1250. The molecule has 0 amide bonds. The molecule has 0 fully saturated rings. The van der Waals surface area contributed by atoms with Crippen LogP contribution >= 0.6 is 0 Å². The number of aromatic nitrogens is 3. The van der Waals surface area contributed by atoms with Crippen molar-refractivity contribution < 1.29 is 0 Å². The molecule has 0 spiro atoms. The Hall–Kier alpha value is -3.14. The summed E-state index contributed by atoms with van der Waals surface area (Å²) in [5.74, 6) is 0. The molecule has 4 nitrogen and oxygen atoms in total. The molecule has 5 aromatic rings. The lowest BCUT2D eigenvalue weighted by Gasteiger charge is -2.04. The van der Waals surface area contributed by atoms with Crippen LogP contribution in [0.2, 0.25) is 0 Å². The maximum atomic E-state index is 12.7. The highest BCUT2D eigenvalue weighted by Crippen LogP contribution is 2.28. The summed E-state index contributed by atoms with van der Waals surface area (Å²) in [7, 11) is 0. The van der Waals surface area contributed by atoms with Crippen LogP contribution in [0.15, 0.2) is 65.8 Å². The minimum absolute atomic E-state index is 0.0181. The van der Waals surface area contributed by atoms with Crippen LogP contribution in [0.25, 0.3) is 38.1 Å². The van der Waals surface area contributed by atoms with E-state index in [0.717, 1.165) is 27.3 Å². The molecule has 0 atom stereocenters. The molecule has 0 saturated heterocycles. The predicted molar refractivity (Wildman–Crippen MR) is 88.3 cm³/mol. The fraction of sp³-hybridized carbons (Fsp3) is 0. The van der Waals surface area contributed by atoms with Gasteiger partial charge in [-0.2, -0.15) is 0 Å². The normalized spacial score (nSPS) is 11.8. The number of hydrogen-bond donors (Lipinski definition) is 1. The van der Waals surface area contributed by atoms with Gasteiger partial charge in [-0.1, -0.05) is 18.2 Å². The summed E-state index contributed by atoms with van der Waals surface area (Å²) in [6, 6.07) is 13.9. The Morgan fingerprint density at radius 2 is 1.91 bits per heavy atom. The second-order valence-corrected chi connectivity index (χ2v) is 5.44. The van der Waals surface area contributed by atoms with Gasteiger partial charge in [0.25, 0.3) is 5.56 Å². The Kier molecular flexibility index (Phi) is 2.07. The average molecular weight is 285 g/mol. The lowest BCUT2D eigenvalue weighted by Crippen LogP contribution is -2.13. The van der Waals surface area contributed by atoms with Gasteiger partial charge < -0.3 is 4.98 Å². The first kappa shape index (κ1) is 11.5. The minimum atomic E-state index is -0.0181. The lowest BCUT2D eigenvalue weighted by atomic mass is 10.1. The number of rotatable bonds is 0. The molecule has 0 aliphatic carbocycles. The van der Waals surface area contributed by atoms with E-state index in [9.17, 15) is 4.79 Å². The Morgan fingerprint density at radius 1 is 1.00 bits per heavy atom. The van der Waals surface area contributed by atoms with Crippen molar-refractivity contribution >= 4 is 38.1 Å². The lowest BCUT2D eigenvalue weighted by molar-refractivity contribution is 1.12. The van der Waals surface area contributed by atoms with Crippen LogP contribution in [0.5, 0.6) is 0 Å². The Labute approximate surface area is 124 Å². The van der Waals surface area contributed by atoms with Crippen LogP contribution in [0.1, 0.15) is 0 Å². The largest absolute Gasteiger partial charge is 0.353 e. The number of fused-ring (bicyclic) bond motifs is 6.